The molecule has 92 valence electrons. The number of aromatic amines is 2. The lowest BCUT2D eigenvalue weighted by molar-refractivity contribution is 0.822. The fraction of sp³-hybridized carbons (Fsp3) is 0.200. The van der Waals surface area contributed by atoms with E-state index >= 15 is 0 Å². The van der Waals surface area contributed by atoms with Crippen LogP contribution in [0, 0.1) is 0 Å². The normalized spacial score (nSPS) is 10.9. The van der Waals surface area contributed by atoms with Gasteiger partial charge in [-0.25, -0.2) is 19.6 Å². The summed E-state index contributed by atoms with van der Waals surface area (Å²) in [6.45, 7) is 0.683. The molecule has 0 unspecified atom stereocenters. The van der Waals surface area contributed by atoms with Gasteiger partial charge in [0.15, 0.2) is 11.2 Å². The summed E-state index contributed by atoms with van der Waals surface area (Å²) in [6.07, 6.45) is 7.11. The van der Waals surface area contributed by atoms with Crippen molar-refractivity contribution in [2.75, 3.05) is 12.0 Å². The molecule has 0 aliphatic heterocycles. The fourth-order valence-electron chi connectivity index (χ4n) is 1.69. The molecule has 0 amide bonds. The van der Waals surface area contributed by atoms with E-state index in [1.54, 1.807) is 23.5 Å². The molecule has 0 saturated carbocycles. The minimum absolute atomic E-state index is 0.242. The maximum Gasteiger partial charge on any atom is 0.278 e. The van der Waals surface area contributed by atoms with Gasteiger partial charge < -0.3 is 15.4 Å². The lowest BCUT2D eigenvalue weighted by Gasteiger charge is -2.06. The summed E-state index contributed by atoms with van der Waals surface area (Å²) in [5, 5.41) is 0. The lowest BCUT2D eigenvalue weighted by atomic mass is 10.3. The molecule has 0 aliphatic rings. The number of aromatic nitrogens is 6. The number of hydrogen-bond acceptors (Lipinski definition) is 5. The standard InChI is InChI=1S/C10H11N7O/c18-10-8-9(13-5-14-10)17(6-15-8)16-2-1-7-3-11-4-12-7/h3-6,16H,1-2H2,(H,11,12)(H,13,14,18). The van der Waals surface area contributed by atoms with Gasteiger partial charge in [0.05, 0.1) is 12.7 Å². The van der Waals surface area contributed by atoms with Gasteiger partial charge >= 0.3 is 0 Å². The maximum atomic E-state index is 11.4. The minimum atomic E-state index is -0.242. The summed E-state index contributed by atoms with van der Waals surface area (Å²) in [7, 11) is 0. The highest BCUT2D eigenvalue weighted by atomic mass is 16.1. The van der Waals surface area contributed by atoms with Crippen LogP contribution in [0.2, 0.25) is 0 Å². The predicted octanol–water partition coefficient (Wildman–Crippen LogP) is -0.371. The third kappa shape index (κ3) is 1.83. The van der Waals surface area contributed by atoms with Crippen molar-refractivity contribution in [1.29, 1.82) is 0 Å². The van der Waals surface area contributed by atoms with Gasteiger partial charge in [0.25, 0.3) is 5.56 Å². The zero-order valence-electron chi connectivity index (χ0n) is 9.42. The molecule has 3 rings (SSSR count). The van der Waals surface area contributed by atoms with Gasteiger partial charge in [0.2, 0.25) is 0 Å². The number of nitrogens with zero attached hydrogens (tertiary/aromatic N) is 4. The van der Waals surface area contributed by atoms with Crippen molar-refractivity contribution in [2.45, 2.75) is 6.42 Å². The first-order valence-electron chi connectivity index (χ1n) is 5.46. The summed E-state index contributed by atoms with van der Waals surface area (Å²) in [4.78, 5) is 29.0. The molecule has 0 aliphatic carbocycles. The summed E-state index contributed by atoms with van der Waals surface area (Å²) in [6, 6.07) is 0. The van der Waals surface area contributed by atoms with E-state index in [0.29, 0.717) is 17.7 Å². The first-order chi connectivity index (χ1) is 8.84. The van der Waals surface area contributed by atoms with E-state index in [4.69, 9.17) is 0 Å². The van der Waals surface area contributed by atoms with Crippen molar-refractivity contribution in [3.05, 3.63) is 41.2 Å². The Kier molecular flexibility index (Phi) is 2.52. The zero-order chi connectivity index (χ0) is 12.4. The van der Waals surface area contributed by atoms with Crippen LogP contribution in [0.25, 0.3) is 11.2 Å². The van der Waals surface area contributed by atoms with Crippen molar-refractivity contribution in [2.24, 2.45) is 0 Å². The molecule has 0 radical (unpaired) electrons. The van der Waals surface area contributed by atoms with Gasteiger partial charge in [0, 0.05) is 24.9 Å². The van der Waals surface area contributed by atoms with Crippen LogP contribution < -0.4 is 11.0 Å². The molecule has 3 heterocycles. The van der Waals surface area contributed by atoms with Crippen LogP contribution in [-0.4, -0.2) is 36.1 Å². The minimum Gasteiger partial charge on any atom is -0.348 e. The SMILES string of the molecule is O=c1[nH]cnc2c1ncn2NCCc1cnc[nH]1. The Morgan fingerprint density at radius 1 is 1.28 bits per heavy atom. The smallest absolute Gasteiger partial charge is 0.278 e. The van der Waals surface area contributed by atoms with E-state index < -0.39 is 0 Å². The van der Waals surface area contributed by atoms with E-state index in [1.165, 1.54) is 6.33 Å². The van der Waals surface area contributed by atoms with Gasteiger partial charge in [-0.15, -0.1) is 0 Å². The van der Waals surface area contributed by atoms with Crippen LogP contribution in [0.1, 0.15) is 5.69 Å². The molecule has 3 aromatic rings. The van der Waals surface area contributed by atoms with E-state index in [9.17, 15) is 4.79 Å². The van der Waals surface area contributed by atoms with E-state index in [1.807, 2.05) is 0 Å². The second kappa shape index (κ2) is 4.32. The first-order valence-corrected chi connectivity index (χ1v) is 5.46. The maximum absolute atomic E-state index is 11.4. The summed E-state index contributed by atoms with van der Waals surface area (Å²) in [5.41, 5.74) is 4.76. The molecular weight excluding hydrogens is 234 g/mol. The quantitative estimate of drug-likeness (QED) is 0.581. The number of fused-ring (bicyclic) bond motifs is 1. The predicted molar refractivity (Wildman–Crippen MR) is 64.7 cm³/mol. The average Bonchev–Trinajstić information content (AvgIpc) is 3.00. The van der Waals surface area contributed by atoms with Crippen LogP contribution in [0.5, 0.6) is 0 Å². The van der Waals surface area contributed by atoms with Crippen molar-refractivity contribution in [3.8, 4) is 0 Å². The molecule has 0 spiro atoms. The molecule has 3 N–H and O–H groups in total. The monoisotopic (exact) mass is 245 g/mol. The Balaban J connectivity index is 1.75. The Hall–Kier alpha value is -2.64. The highest BCUT2D eigenvalue weighted by molar-refractivity contribution is 5.68. The van der Waals surface area contributed by atoms with Gasteiger partial charge in [-0.05, 0) is 0 Å². The molecule has 0 atom stereocenters. The topological polar surface area (TPSA) is 104 Å². The van der Waals surface area contributed by atoms with Gasteiger partial charge in [0.1, 0.15) is 6.33 Å². The highest BCUT2D eigenvalue weighted by Gasteiger charge is 2.06. The third-order valence-corrected chi connectivity index (χ3v) is 2.57. The Labute approximate surface area is 101 Å². The second-order valence-corrected chi connectivity index (χ2v) is 3.75. The van der Waals surface area contributed by atoms with Crippen LogP contribution in [0.4, 0.5) is 0 Å². The van der Waals surface area contributed by atoms with Crippen LogP contribution in [-0.2, 0) is 6.42 Å². The summed E-state index contributed by atoms with van der Waals surface area (Å²) >= 11 is 0. The molecule has 8 nitrogen and oxygen atoms in total. The van der Waals surface area contributed by atoms with Crippen LogP contribution in [0.3, 0.4) is 0 Å². The number of H-pyrrole nitrogens is 2. The summed E-state index contributed by atoms with van der Waals surface area (Å²) < 4.78 is 1.64. The molecule has 0 fully saturated rings. The Bertz CT molecular complexity index is 696. The molecule has 0 aromatic carbocycles. The van der Waals surface area contributed by atoms with Gasteiger partial charge in [-0.3, -0.25) is 4.79 Å². The van der Waals surface area contributed by atoms with Gasteiger partial charge in [-0.1, -0.05) is 0 Å². The lowest BCUT2D eigenvalue weighted by Crippen LogP contribution is -2.18. The summed E-state index contributed by atoms with van der Waals surface area (Å²) in [5.74, 6) is 0. The average molecular weight is 245 g/mol. The number of imidazole rings is 2. The molecule has 0 bridgehead atoms. The number of rotatable bonds is 4. The Morgan fingerprint density at radius 2 is 2.22 bits per heavy atom. The molecule has 3 aromatic heterocycles. The van der Waals surface area contributed by atoms with Crippen molar-refractivity contribution in [1.82, 2.24) is 29.6 Å². The molecular formula is C10H11N7O. The van der Waals surface area contributed by atoms with Crippen LogP contribution in [0.15, 0.2) is 30.0 Å². The van der Waals surface area contributed by atoms with Crippen molar-refractivity contribution >= 4 is 11.2 Å². The highest BCUT2D eigenvalue weighted by Crippen LogP contribution is 2.01. The van der Waals surface area contributed by atoms with Crippen molar-refractivity contribution in [3.63, 3.8) is 0 Å². The molecule has 0 saturated heterocycles. The Morgan fingerprint density at radius 3 is 3.06 bits per heavy atom. The number of nitrogens with one attached hydrogen (secondary N) is 3. The van der Waals surface area contributed by atoms with Crippen LogP contribution >= 0.6 is 0 Å². The second-order valence-electron chi connectivity index (χ2n) is 3.75. The molecule has 8 heteroatoms. The third-order valence-electron chi connectivity index (χ3n) is 2.57. The fourth-order valence-corrected chi connectivity index (χ4v) is 1.69. The zero-order valence-corrected chi connectivity index (χ0v) is 9.42. The van der Waals surface area contributed by atoms with Gasteiger partial charge in [-0.2, -0.15) is 0 Å². The van der Waals surface area contributed by atoms with E-state index in [2.05, 4.69) is 30.3 Å². The first kappa shape index (κ1) is 10.5. The molecule has 18 heavy (non-hydrogen) atoms. The number of hydrogen-bond donors (Lipinski definition) is 3. The van der Waals surface area contributed by atoms with E-state index in [0.717, 1.165) is 12.1 Å². The largest absolute Gasteiger partial charge is 0.348 e. The van der Waals surface area contributed by atoms with E-state index in [-0.39, 0.29) is 5.56 Å². The van der Waals surface area contributed by atoms with Crippen molar-refractivity contribution < 1.29 is 0 Å².